The van der Waals surface area contributed by atoms with E-state index in [0.717, 1.165) is 0 Å². The SMILES string of the molecule is C[C@@H]1O[C@@H](O[C@H]2C[C@](O)([C@@H](C)O)Cc3c(O)c4c(c(O)c32)C(=O)c2c(O)cccc2C4=O)C[C@H]([NH3+])[C@@H]1O. The Morgan fingerprint density at radius 1 is 1.11 bits per heavy atom. The number of aliphatic hydroxyl groups is 3. The van der Waals surface area contributed by atoms with E-state index >= 15 is 0 Å². The van der Waals surface area contributed by atoms with Gasteiger partial charge in [-0.2, -0.15) is 0 Å². The molecule has 1 aliphatic heterocycles. The van der Waals surface area contributed by atoms with E-state index in [0.29, 0.717) is 0 Å². The molecule has 1 heterocycles. The smallest absolute Gasteiger partial charge is 0.202 e. The van der Waals surface area contributed by atoms with Crippen molar-refractivity contribution >= 4 is 11.6 Å². The number of phenolic OH excluding ortho intramolecular Hbond substituents is 3. The Bertz CT molecular complexity index is 1290. The zero-order valence-electron chi connectivity index (χ0n) is 20.3. The average Bonchev–Trinajstić information content (AvgIpc) is 2.82. The van der Waals surface area contributed by atoms with E-state index in [9.17, 15) is 40.2 Å². The van der Waals surface area contributed by atoms with E-state index in [1.807, 2.05) is 0 Å². The minimum Gasteiger partial charge on any atom is -0.507 e. The highest BCUT2D eigenvalue weighted by Gasteiger charge is 2.49. The maximum atomic E-state index is 13.4. The molecule has 0 radical (unpaired) electrons. The van der Waals surface area contributed by atoms with Gasteiger partial charge in [0, 0.05) is 29.5 Å². The number of aromatic hydroxyl groups is 3. The molecule has 11 heteroatoms. The summed E-state index contributed by atoms with van der Waals surface area (Å²) in [4.78, 5) is 26.7. The molecule has 7 atom stereocenters. The number of aliphatic hydroxyl groups excluding tert-OH is 2. The lowest BCUT2D eigenvalue weighted by Gasteiger charge is -2.43. The Hall–Kier alpha value is -3.06. The van der Waals surface area contributed by atoms with Crippen molar-refractivity contribution in [3.63, 3.8) is 0 Å². The summed E-state index contributed by atoms with van der Waals surface area (Å²) >= 11 is 0. The van der Waals surface area contributed by atoms with Gasteiger partial charge in [-0.25, -0.2) is 0 Å². The van der Waals surface area contributed by atoms with E-state index in [2.05, 4.69) is 5.73 Å². The fraction of sp³-hybridized carbons (Fsp3) is 0.462. The first-order valence-electron chi connectivity index (χ1n) is 12.1. The minimum atomic E-state index is -1.81. The highest BCUT2D eigenvalue weighted by Crippen LogP contribution is 2.52. The molecule has 9 N–H and O–H groups in total. The summed E-state index contributed by atoms with van der Waals surface area (Å²) in [5, 5.41) is 64.8. The molecule has 2 aliphatic carbocycles. The molecule has 1 saturated heterocycles. The molecule has 0 unspecified atom stereocenters. The second-order valence-electron chi connectivity index (χ2n) is 10.2. The quantitative estimate of drug-likeness (QED) is 0.229. The molecule has 0 amide bonds. The summed E-state index contributed by atoms with van der Waals surface area (Å²) in [7, 11) is 0. The highest BCUT2D eigenvalue weighted by atomic mass is 16.7. The number of hydrogen-bond donors (Lipinski definition) is 7. The fourth-order valence-electron chi connectivity index (χ4n) is 5.64. The number of benzene rings is 2. The topological polar surface area (TPSA) is 202 Å². The van der Waals surface area contributed by atoms with Crippen LogP contribution in [0.3, 0.4) is 0 Å². The molecular weight excluding hydrogens is 486 g/mol. The Kier molecular flexibility index (Phi) is 6.06. The van der Waals surface area contributed by atoms with Gasteiger partial charge in [0.15, 0.2) is 12.1 Å². The van der Waals surface area contributed by atoms with Gasteiger partial charge in [0.1, 0.15) is 29.4 Å². The molecule has 0 bridgehead atoms. The van der Waals surface area contributed by atoms with Gasteiger partial charge in [-0.15, -0.1) is 0 Å². The third-order valence-corrected chi connectivity index (χ3v) is 7.82. The first-order chi connectivity index (χ1) is 17.4. The maximum absolute atomic E-state index is 13.4. The zero-order valence-corrected chi connectivity index (χ0v) is 20.3. The van der Waals surface area contributed by atoms with Gasteiger partial charge in [-0.05, 0) is 19.9 Å². The van der Waals surface area contributed by atoms with Crippen LogP contribution >= 0.6 is 0 Å². The summed E-state index contributed by atoms with van der Waals surface area (Å²) < 4.78 is 11.9. The molecule has 1 fully saturated rings. The van der Waals surface area contributed by atoms with Gasteiger partial charge < -0.3 is 45.8 Å². The summed E-state index contributed by atoms with van der Waals surface area (Å²) in [5.41, 5.74) is 0.691. The van der Waals surface area contributed by atoms with Crippen LogP contribution in [0.1, 0.15) is 75.8 Å². The second-order valence-corrected chi connectivity index (χ2v) is 10.2. The standard InChI is InChI=1S/C26H29NO10/c1-9-21(30)13(27)6-16(36-9)37-15-8-26(35,10(2)28)7-12-18(15)25(34)20-19(23(12)32)22(31)11-4-3-5-14(29)17(11)24(20)33/h3-5,9-10,13,15-16,21,28-30,32,34-35H,6-8,27H2,1-2H3/p+1/t9-,10+,13-,15-,16-,21+,26-/m0/s1. The number of ketones is 2. The highest BCUT2D eigenvalue weighted by molar-refractivity contribution is 6.31. The van der Waals surface area contributed by atoms with E-state index in [-0.39, 0.29) is 41.5 Å². The van der Waals surface area contributed by atoms with Crippen LogP contribution in [0.2, 0.25) is 0 Å². The summed E-state index contributed by atoms with van der Waals surface area (Å²) in [5.74, 6) is -3.32. The molecule has 11 nitrogen and oxygen atoms in total. The van der Waals surface area contributed by atoms with Gasteiger partial charge in [-0.1, -0.05) is 12.1 Å². The number of fused-ring (bicyclic) bond motifs is 3. The van der Waals surface area contributed by atoms with Gasteiger partial charge in [-0.3, -0.25) is 9.59 Å². The summed E-state index contributed by atoms with van der Waals surface area (Å²) in [6.45, 7) is 3.01. The molecule has 0 saturated carbocycles. The molecule has 0 aromatic heterocycles. The van der Waals surface area contributed by atoms with Crippen LogP contribution in [-0.4, -0.2) is 78.5 Å². The van der Waals surface area contributed by atoms with Crippen LogP contribution in [0.5, 0.6) is 17.2 Å². The number of phenols is 3. The number of carbonyl (C=O) groups excluding carboxylic acids is 2. The Balaban J connectivity index is 1.67. The van der Waals surface area contributed by atoms with Gasteiger partial charge >= 0.3 is 0 Å². The van der Waals surface area contributed by atoms with Crippen molar-refractivity contribution in [3.05, 3.63) is 51.6 Å². The van der Waals surface area contributed by atoms with Gasteiger partial charge in [0.2, 0.25) is 5.78 Å². The Morgan fingerprint density at radius 2 is 1.78 bits per heavy atom. The van der Waals surface area contributed by atoms with Crippen LogP contribution in [0.4, 0.5) is 0 Å². The first-order valence-corrected chi connectivity index (χ1v) is 12.1. The van der Waals surface area contributed by atoms with Crippen molar-refractivity contribution in [2.45, 2.75) is 75.5 Å². The lowest BCUT2D eigenvalue weighted by molar-refractivity contribution is -0.466. The van der Waals surface area contributed by atoms with Crippen molar-refractivity contribution in [1.82, 2.24) is 0 Å². The molecule has 2 aromatic carbocycles. The van der Waals surface area contributed by atoms with Crippen LogP contribution in [-0.2, 0) is 15.9 Å². The van der Waals surface area contributed by atoms with Crippen molar-refractivity contribution in [2.75, 3.05) is 0 Å². The number of ether oxygens (including phenoxy) is 2. The molecule has 198 valence electrons. The lowest BCUT2D eigenvalue weighted by Crippen LogP contribution is -2.71. The minimum absolute atomic E-state index is 0.0235. The van der Waals surface area contributed by atoms with E-state index in [1.54, 1.807) is 6.92 Å². The molecular formula is C26H30NO10+. The molecule has 3 aliphatic rings. The van der Waals surface area contributed by atoms with Crippen LogP contribution in [0.15, 0.2) is 18.2 Å². The van der Waals surface area contributed by atoms with Gasteiger partial charge in [0.05, 0.1) is 47.0 Å². The maximum Gasteiger partial charge on any atom is 0.202 e. The van der Waals surface area contributed by atoms with Crippen molar-refractivity contribution in [2.24, 2.45) is 0 Å². The number of hydrogen-bond acceptors (Lipinski definition) is 10. The van der Waals surface area contributed by atoms with Crippen LogP contribution in [0.25, 0.3) is 0 Å². The number of rotatable bonds is 3. The first kappa shape index (κ1) is 25.6. The largest absolute Gasteiger partial charge is 0.507 e. The lowest BCUT2D eigenvalue weighted by atomic mass is 9.71. The van der Waals surface area contributed by atoms with Gasteiger partial charge in [0.25, 0.3) is 0 Å². The third kappa shape index (κ3) is 3.81. The fourth-order valence-corrected chi connectivity index (χ4v) is 5.64. The summed E-state index contributed by atoms with van der Waals surface area (Å²) in [6, 6.07) is 3.52. The van der Waals surface area contributed by atoms with Crippen molar-refractivity contribution in [3.8, 4) is 17.2 Å². The van der Waals surface area contributed by atoms with Crippen molar-refractivity contribution < 1.29 is 55.4 Å². The van der Waals surface area contributed by atoms with Crippen molar-refractivity contribution in [1.29, 1.82) is 0 Å². The molecule has 2 aromatic rings. The molecule has 37 heavy (non-hydrogen) atoms. The summed E-state index contributed by atoms with van der Waals surface area (Å²) in [6.07, 6.45) is -5.21. The number of quaternary nitrogens is 1. The molecule has 5 rings (SSSR count). The number of carbonyl (C=O) groups is 2. The predicted molar refractivity (Wildman–Crippen MR) is 125 cm³/mol. The second kappa shape index (κ2) is 8.76. The normalized spacial score (nSPS) is 31.9. The van der Waals surface area contributed by atoms with E-state index in [1.165, 1.54) is 25.1 Å². The predicted octanol–water partition coefficient (Wildman–Crippen LogP) is -0.199. The van der Waals surface area contributed by atoms with E-state index < -0.39 is 82.3 Å². The average molecular weight is 517 g/mol. The van der Waals surface area contributed by atoms with E-state index in [4.69, 9.17) is 9.47 Å². The Morgan fingerprint density at radius 3 is 2.43 bits per heavy atom. The third-order valence-electron chi connectivity index (χ3n) is 7.82. The monoisotopic (exact) mass is 516 g/mol. The Labute approximate surface area is 211 Å². The van der Waals surface area contributed by atoms with Crippen LogP contribution in [0, 0.1) is 0 Å². The zero-order chi connectivity index (χ0) is 27.0. The van der Waals surface area contributed by atoms with Crippen LogP contribution < -0.4 is 5.73 Å². The molecule has 0 spiro atoms.